The van der Waals surface area contributed by atoms with Crippen LogP contribution in [0.5, 0.6) is 0 Å². The highest BCUT2D eigenvalue weighted by atomic mass is 32.2. The Balaban J connectivity index is 1.55. The molecule has 3 N–H and O–H groups in total. The van der Waals surface area contributed by atoms with Gasteiger partial charge in [-0.15, -0.1) is 11.3 Å². The van der Waals surface area contributed by atoms with E-state index in [1.165, 1.54) is 23.5 Å². The van der Waals surface area contributed by atoms with Gasteiger partial charge in [0.25, 0.3) is 0 Å². The molecule has 0 aliphatic heterocycles. The minimum Gasteiger partial charge on any atom is -0.347 e. The summed E-state index contributed by atoms with van der Waals surface area (Å²) >= 11 is 1.47. The minimum absolute atomic E-state index is 0.0754. The van der Waals surface area contributed by atoms with Crippen molar-refractivity contribution < 1.29 is 22.3 Å². The third-order valence-corrected chi connectivity index (χ3v) is 6.07. The van der Waals surface area contributed by atoms with Crippen molar-refractivity contribution in [3.63, 3.8) is 0 Å². The van der Waals surface area contributed by atoms with Crippen molar-refractivity contribution in [3.8, 4) is 10.6 Å². The summed E-state index contributed by atoms with van der Waals surface area (Å²) < 4.78 is 37.9. The van der Waals surface area contributed by atoms with Crippen LogP contribution < -0.4 is 10.0 Å². The van der Waals surface area contributed by atoms with Gasteiger partial charge in [0, 0.05) is 10.9 Å². The maximum absolute atomic E-state index is 12.7. The second-order valence-electron chi connectivity index (χ2n) is 7.36. The van der Waals surface area contributed by atoms with Crippen molar-refractivity contribution in [2.75, 3.05) is 4.72 Å². The molecular weight excluding hydrogens is 478 g/mol. The van der Waals surface area contributed by atoms with Crippen molar-refractivity contribution in [3.05, 3.63) is 82.9 Å². The number of amides is 1. The summed E-state index contributed by atoms with van der Waals surface area (Å²) in [7, 11) is -4.38. The molecule has 1 amide bonds. The Labute approximate surface area is 199 Å². The van der Waals surface area contributed by atoms with E-state index in [4.69, 9.17) is 14.1 Å². The van der Waals surface area contributed by atoms with E-state index in [9.17, 15) is 13.2 Å². The third kappa shape index (κ3) is 6.47. The molecule has 4 rings (SSSR count). The quantitative estimate of drug-likeness (QED) is 0.298. The average molecular weight is 499 g/mol. The van der Waals surface area contributed by atoms with Gasteiger partial charge in [-0.1, -0.05) is 41.6 Å². The van der Waals surface area contributed by atoms with E-state index in [1.54, 1.807) is 13.0 Å². The standard InChI is InChI=1S/C22H20N5O5S2/c1-14-23-21(32-26-14)12-20(28)24-18(11-15-7-9-17(10-8-15)27-34(29,30)31)19-13-33-22(25-19)16-5-3-2-4-6-16/h2-7,9-10,13,18,27H,11-12H2,1H3,(H,24,28)(H,29,30,31). The van der Waals surface area contributed by atoms with E-state index in [-0.39, 0.29) is 23.9 Å². The molecule has 0 saturated heterocycles. The van der Waals surface area contributed by atoms with Gasteiger partial charge in [0.1, 0.15) is 11.4 Å². The number of anilines is 1. The van der Waals surface area contributed by atoms with Crippen LogP contribution in [-0.2, 0) is 27.9 Å². The summed E-state index contributed by atoms with van der Waals surface area (Å²) in [5, 5.41) is 9.37. The number of carbonyl (C=O) groups excluding carboxylic acids is 1. The lowest BCUT2D eigenvalue weighted by Gasteiger charge is -2.17. The first-order valence-corrected chi connectivity index (χ1v) is 12.4. The molecule has 12 heteroatoms. The Morgan fingerprint density at radius 3 is 2.65 bits per heavy atom. The van der Waals surface area contributed by atoms with E-state index in [2.05, 4.69) is 21.5 Å². The smallest absolute Gasteiger partial charge is 0.347 e. The first-order valence-electron chi connectivity index (χ1n) is 10.1. The highest BCUT2D eigenvalue weighted by Crippen LogP contribution is 2.28. The lowest BCUT2D eigenvalue weighted by atomic mass is 10.0. The predicted molar refractivity (Wildman–Crippen MR) is 125 cm³/mol. The Morgan fingerprint density at radius 1 is 1.21 bits per heavy atom. The zero-order chi connectivity index (χ0) is 24.1. The molecule has 0 bridgehead atoms. The van der Waals surface area contributed by atoms with Gasteiger partial charge in [-0.25, -0.2) is 4.98 Å². The van der Waals surface area contributed by atoms with Gasteiger partial charge >= 0.3 is 10.3 Å². The highest BCUT2D eigenvalue weighted by Gasteiger charge is 2.21. The number of aromatic nitrogens is 3. The summed E-state index contributed by atoms with van der Waals surface area (Å²) in [4.78, 5) is 21.5. The predicted octanol–water partition coefficient (Wildman–Crippen LogP) is 3.16. The van der Waals surface area contributed by atoms with E-state index in [0.717, 1.165) is 10.6 Å². The van der Waals surface area contributed by atoms with Crippen molar-refractivity contribution >= 4 is 33.2 Å². The molecule has 0 spiro atoms. The largest absolute Gasteiger partial charge is 0.357 e. The maximum Gasteiger partial charge on any atom is 0.357 e. The van der Waals surface area contributed by atoms with E-state index < -0.39 is 16.3 Å². The minimum atomic E-state index is -4.38. The number of benzene rings is 2. The van der Waals surface area contributed by atoms with E-state index in [0.29, 0.717) is 23.5 Å². The molecule has 0 saturated carbocycles. The Bertz CT molecular complexity index is 1370. The molecule has 1 unspecified atom stereocenters. The monoisotopic (exact) mass is 498 g/mol. The zero-order valence-corrected chi connectivity index (χ0v) is 19.6. The molecule has 34 heavy (non-hydrogen) atoms. The molecule has 2 aromatic heterocycles. The van der Waals surface area contributed by atoms with Crippen molar-refractivity contribution in [2.45, 2.75) is 25.8 Å². The normalized spacial score (nSPS) is 12.3. The first-order chi connectivity index (χ1) is 16.2. The summed E-state index contributed by atoms with van der Waals surface area (Å²) in [6, 6.07) is 16.7. The van der Waals surface area contributed by atoms with Crippen LogP contribution in [0.2, 0.25) is 0 Å². The molecule has 4 aromatic rings. The van der Waals surface area contributed by atoms with Crippen LogP contribution in [-0.4, -0.2) is 34.0 Å². The Morgan fingerprint density at radius 2 is 2.00 bits per heavy atom. The molecule has 2 aromatic carbocycles. The van der Waals surface area contributed by atoms with Crippen molar-refractivity contribution in [1.82, 2.24) is 20.4 Å². The summed E-state index contributed by atoms with van der Waals surface area (Å²) in [5.74, 6) is 0.344. The van der Waals surface area contributed by atoms with E-state index in [1.807, 2.05) is 40.4 Å². The van der Waals surface area contributed by atoms with Crippen LogP contribution >= 0.6 is 11.3 Å². The second kappa shape index (κ2) is 10.1. The number of hydrogen-bond donors (Lipinski definition) is 3. The second-order valence-corrected chi connectivity index (χ2v) is 9.37. The fourth-order valence-electron chi connectivity index (χ4n) is 3.20. The number of nitrogens with one attached hydrogen (secondary N) is 2. The van der Waals surface area contributed by atoms with Crippen LogP contribution in [0, 0.1) is 13.0 Å². The zero-order valence-electron chi connectivity index (χ0n) is 17.9. The summed E-state index contributed by atoms with van der Waals surface area (Å²) in [5.41, 5.74) is 2.51. The van der Waals surface area contributed by atoms with Gasteiger partial charge < -0.3 is 9.84 Å². The lowest BCUT2D eigenvalue weighted by molar-refractivity contribution is -0.121. The van der Waals surface area contributed by atoms with Crippen LogP contribution in [0.4, 0.5) is 5.69 Å². The fourth-order valence-corrected chi connectivity index (χ4v) is 4.50. The Kier molecular flexibility index (Phi) is 7.01. The SMILES string of the molecule is Cc1noc(CC(=O)NC(Cc2[c]cc(NS(=O)(=O)O)cc2)c2csc(-c3ccccc3)n2)n1. The maximum atomic E-state index is 12.7. The molecule has 175 valence electrons. The van der Waals surface area contributed by atoms with Gasteiger partial charge in [0.05, 0.1) is 17.4 Å². The fraction of sp³-hybridized carbons (Fsp3) is 0.182. The van der Waals surface area contributed by atoms with Gasteiger partial charge in [0.15, 0.2) is 5.82 Å². The number of thiazole rings is 1. The highest BCUT2D eigenvalue weighted by molar-refractivity contribution is 7.87. The number of carbonyl (C=O) groups is 1. The van der Waals surface area contributed by atoms with Gasteiger partial charge in [-0.05, 0) is 37.1 Å². The molecule has 1 radical (unpaired) electrons. The molecule has 2 heterocycles. The lowest BCUT2D eigenvalue weighted by Crippen LogP contribution is -2.31. The molecular formula is C22H20N5O5S2. The van der Waals surface area contributed by atoms with Crippen LogP contribution in [0.15, 0.2) is 58.4 Å². The van der Waals surface area contributed by atoms with E-state index >= 15 is 0 Å². The first kappa shape index (κ1) is 23.5. The number of hydrogen-bond acceptors (Lipinski definition) is 8. The molecule has 1 atom stereocenters. The van der Waals surface area contributed by atoms with Gasteiger partial charge in [-0.3, -0.25) is 14.1 Å². The summed E-state index contributed by atoms with van der Waals surface area (Å²) in [6.45, 7) is 1.67. The van der Waals surface area contributed by atoms with Gasteiger partial charge in [-0.2, -0.15) is 13.4 Å². The molecule has 0 aliphatic carbocycles. The van der Waals surface area contributed by atoms with Gasteiger partial charge in [0.2, 0.25) is 11.8 Å². The number of aryl methyl sites for hydroxylation is 1. The average Bonchev–Trinajstić information content (AvgIpc) is 3.43. The van der Waals surface area contributed by atoms with Crippen LogP contribution in [0.1, 0.15) is 29.0 Å². The van der Waals surface area contributed by atoms with Crippen molar-refractivity contribution in [1.29, 1.82) is 0 Å². The molecule has 0 aliphatic rings. The molecule has 0 fully saturated rings. The third-order valence-electron chi connectivity index (χ3n) is 4.66. The van der Waals surface area contributed by atoms with Crippen LogP contribution in [0.3, 0.4) is 0 Å². The Hall–Kier alpha value is -3.61. The number of rotatable bonds is 9. The molecule has 10 nitrogen and oxygen atoms in total. The number of nitrogens with zero attached hydrogens (tertiary/aromatic N) is 3. The van der Waals surface area contributed by atoms with Crippen LogP contribution in [0.25, 0.3) is 10.6 Å². The topological polar surface area (TPSA) is 147 Å². The summed E-state index contributed by atoms with van der Waals surface area (Å²) in [6.07, 6.45) is 0.271. The van der Waals surface area contributed by atoms with Crippen molar-refractivity contribution in [2.24, 2.45) is 0 Å².